The van der Waals surface area contributed by atoms with E-state index < -0.39 is 0 Å². The van der Waals surface area contributed by atoms with E-state index in [9.17, 15) is 0 Å². The minimum Gasteiger partial charge on any atom is -0.321 e. The standard InChI is InChI=1S/C23H26N4/c1-15-7-10-21(25-12-15)22-20(14-24-2)19-11-17(16-8-9-16)13-26-23(19)27(22)18-5-3-4-6-18/h7,10-13,16,18H,2-6,8-9,14H2,1H3. The van der Waals surface area contributed by atoms with E-state index >= 15 is 0 Å². The van der Waals surface area contributed by atoms with Crippen LogP contribution in [0.2, 0.25) is 0 Å². The molecule has 2 saturated carbocycles. The van der Waals surface area contributed by atoms with Crippen LogP contribution in [0.5, 0.6) is 0 Å². The summed E-state index contributed by atoms with van der Waals surface area (Å²) in [5, 5.41) is 1.25. The fourth-order valence-electron chi connectivity index (χ4n) is 4.58. The first-order valence-corrected chi connectivity index (χ1v) is 10.1. The minimum absolute atomic E-state index is 0.503. The Labute approximate surface area is 160 Å². The van der Waals surface area contributed by atoms with Gasteiger partial charge in [0.25, 0.3) is 0 Å². The second-order valence-corrected chi connectivity index (χ2v) is 8.15. The lowest BCUT2D eigenvalue weighted by Gasteiger charge is -2.18. The monoisotopic (exact) mass is 358 g/mol. The highest BCUT2D eigenvalue weighted by molar-refractivity contribution is 5.89. The van der Waals surface area contributed by atoms with Gasteiger partial charge in [0.05, 0.1) is 17.9 Å². The first-order valence-electron chi connectivity index (χ1n) is 10.1. The Kier molecular flexibility index (Phi) is 4.07. The Balaban J connectivity index is 1.80. The normalized spacial score (nSPS) is 17.7. The topological polar surface area (TPSA) is 43.1 Å². The van der Waals surface area contributed by atoms with E-state index in [1.165, 1.54) is 66.3 Å². The van der Waals surface area contributed by atoms with Gasteiger partial charge in [-0.2, -0.15) is 0 Å². The summed E-state index contributed by atoms with van der Waals surface area (Å²) >= 11 is 0. The van der Waals surface area contributed by atoms with Crippen molar-refractivity contribution in [2.24, 2.45) is 4.99 Å². The highest BCUT2D eigenvalue weighted by Gasteiger charge is 2.29. The molecule has 5 rings (SSSR count). The van der Waals surface area contributed by atoms with E-state index in [4.69, 9.17) is 9.97 Å². The lowest BCUT2D eigenvalue weighted by Crippen LogP contribution is -2.08. The number of aromatic nitrogens is 3. The number of pyridine rings is 2. The second kappa shape index (κ2) is 6.59. The fourth-order valence-corrected chi connectivity index (χ4v) is 4.58. The molecule has 0 aromatic carbocycles. The Morgan fingerprint density at radius 1 is 1.11 bits per heavy atom. The quantitative estimate of drug-likeness (QED) is 0.557. The first kappa shape index (κ1) is 16.7. The number of hydrogen-bond acceptors (Lipinski definition) is 3. The van der Waals surface area contributed by atoms with Gasteiger partial charge in [0.15, 0.2) is 0 Å². The van der Waals surface area contributed by atoms with Crippen LogP contribution in [0.1, 0.15) is 67.2 Å². The molecule has 3 aromatic heterocycles. The molecule has 0 atom stereocenters. The van der Waals surface area contributed by atoms with Crippen molar-refractivity contribution in [3.8, 4) is 11.4 Å². The molecule has 0 bridgehead atoms. The van der Waals surface area contributed by atoms with Crippen molar-refractivity contribution in [2.75, 3.05) is 0 Å². The van der Waals surface area contributed by atoms with Gasteiger partial charge in [-0.3, -0.25) is 9.98 Å². The third-order valence-electron chi connectivity index (χ3n) is 6.13. The van der Waals surface area contributed by atoms with Crippen molar-refractivity contribution in [2.45, 2.75) is 64.0 Å². The molecule has 0 N–H and O–H groups in total. The molecule has 4 nitrogen and oxygen atoms in total. The van der Waals surface area contributed by atoms with E-state index in [0.29, 0.717) is 18.5 Å². The van der Waals surface area contributed by atoms with E-state index in [-0.39, 0.29) is 0 Å². The third-order valence-corrected chi connectivity index (χ3v) is 6.13. The Bertz CT molecular complexity index is 989. The molecule has 4 heteroatoms. The zero-order valence-electron chi connectivity index (χ0n) is 16.0. The molecular formula is C23H26N4. The van der Waals surface area contributed by atoms with Crippen LogP contribution in [-0.2, 0) is 6.54 Å². The van der Waals surface area contributed by atoms with Gasteiger partial charge in [0, 0.05) is 29.4 Å². The molecule has 0 spiro atoms. The number of aliphatic imine (C=N–C) groups is 1. The summed E-state index contributed by atoms with van der Waals surface area (Å²) in [6.45, 7) is 6.48. The van der Waals surface area contributed by atoms with E-state index in [1.54, 1.807) is 0 Å². The maximum atomic E-state index is 4.97. The van der Waals surface area contributed by atoms with Crippen molar-refractivity contribution in [3.05, 3.63) is 47.3 Å². The Hall–Kier alpha value is -2.49. The van der Waals surface area contributed by atoms with Crippen LogP contribution < -0.4 is 0 Å². The highest BCUT2D eigenvalue weighted by atomic mass is 15.1. The second-order valence-electron chi connectivity index (χ2n) is 8.15. The van der Waals surface area contributed by atoms with Crippen molar-refractivity contribution in [3.63, 3.8) is 0 Å². The van der Waals surface area contributed by atoms with E-state index in [0.717, 1.165) is 11.3 Å². The van der Waals surface area contributed by atoms with E-state index in [1.807, 2.05) is 6.20 Å². The van der Waals surface area contributed by atoms with Gasteiger partial charge in [0.2, 0.25) is 0 Å². The fraction of sp³-hybridized carbons (Fsp3) is 0.435. The average Bonchev–Trinajstić information content (AvgIpc) is 3.31. The summed E-state index contributed by atoms with van der Waals surface area (Å²) in [6, 6.07) is 7.16. The molecule has 3 heterocycles. The summed E-state index contributed by atoms with van der Waals surface area (Å²) in [5.74, 6) is 0.697. The number of hydrogen-bond donors (Lipinski definition) is 0. The van der Waals surface area contributed by atoms with E-state index in [2.05, 4.69) is 47.6 Å². The number of aryl methyl sites for hydroxylation is 1. The van der Waals surface area contributed by atoms with Crippen LogP contribution in [0.25, 0.3) is 22.4 Å². The molecule has 0 amide bonds. The Morgan fingerprint density at radius 2 is 1.93 bits per heavy atom. The zero-order valence-corrected chi connectivity index (χ0v) is 16.0. The summed E-state index contributed by atoms with van der Waals surface area (Å²) in [7, 11) is 0. The summed E-state index contributed by atoms with van der Waals surface area (Å²) in [5.41, 5.74) is 7.11. The van der Waals surface area contributed by atoms with Gasteiger partial charge in [-0.15, -0.1) is 0 Å². The first-order chi connectivity index (χ1) is 13.3. The molecule has 2 aliphatic rings. The summed E-state index contributed by atoms with van der Waals surface area (Å²) < 4.78 is 2.47. The number of rotatable bonds is 5. The largest absolute Gasteiger partial charge is 0.321 e. The van der Waals surface area contributed by atoms with Crippen molar-refractivity contribution in [1.29, 1.82) is 0 Å². The summed E-state index contributed by atoms with van der Waals surface area (Å²) in [6.07, 6.45) is 11.7. The third kappa shape index (κ3) is 2.88. The van der Waals surface area contributed by atoms with Crippen LogP contribution in [0.15, 0.2) is 35.6 Å². The predicted molar refractivity (Wildman–Crippen MR) is 110 cm³/mol. The Morgan fingerprint density at radius 3 is 2.59 bits per heavy atom. The molecule has 138 valence electrons. The molecule has 27 heavy (non-hydrogen) atoms. The SMILES string of the molecule is C=NCc1c(-c2ccc(C)cn2)n(C2CCCC2)c2ncc(C3CC3)cc12. The van der Waals surface area contributed by atoms with Gasteiger partial charge >= 0.3 is 0 Å². The molecule has 0 unspecified atom stereocenters. The molecule has 2 fully saturated rings. The predicted octanol–water partition coefficient (Wildman–Crippen LogP) is 5.60. The van der Waals surface area contributed by atoms with Crippen LogP contribution in [0.3, 0.4) is 0 Å². The highest BCUT2D eigenvalue weighted by Crippen LogP contribution is 2.44. The minimum atomic E-state index is 0.503. The maximum absolute atomic E-state index is 4.97. The van der Waals surface area contributed by atoms with Crippen molar-refractivity contribution < 1.29 is 0 Å². The van der Waals surface area contributed by atoms with Crippen molar-refractivity contribution in [1.82, 2.24) is 14.5 Å². The summed E-state index contributed by atoms with van der Waals surface area (Å²) in [4.78, 5) is 14.0. The molecule has 0 saturated heterocycles. The van der Waals surface area contributed by atoms with Gasteiger partial charge in [-0.1, -0.05) is 18.9 Å². The van der Waals surface area contributed by atoms with Crippen LogP contribution >= 0.6 is 0 Å². The van der Waals surface area contributed by atoms with Gasteiger partial charge in [-0.05, 0) is 68.5 Å². The van der Waals surface area contributed by atoms with Gasteiger partial charge in [0.1, 0.15) is 5.65 Å². The maximum Gasteiger partial charge on any atom is 0.141 e. The molecule has 3 aromatic rings. The van der Waals surface area contributed by atoms with Crippen molar-refractivity contribution >= 4 is 17.8 Å². The van der Waals surface area contributed by atoms with Gasteiger partial charge in [-0.25, -0.2) is 4.98 Å². The molecular weight excluding hydrogens is 332 g/mol. The van der Waals surface area contributed by atoms with Gasteiger partial charge < -0.3 is 4.57 Å². The van der Waals surface area contributed by atoms with Crippen LogP contribution in [-0.4, -0.2) is 21.3 Å². The zero-order chi connectivity index (χ0) is 18.4. The van der Waals surface area contributed by atoms with Crippen LogP contribution in [0, 0.1) is 6.92 Å². The molecule has 0 radical (unpaired) electrons. The average molecular weight is 358 g/mol. The molecule has 2 aliphatic carbocycles. The molecule has 0 aliphatic heterocycles. The lowest BCUT2D eigenvalue weighted by molar-refractivity contribution is 0.535. The number of nitrogens with zero attached hydrogens (tertiary/aromatic N) is 4. The smallest absolute Gasteiger partial charge is 0.141 e. The van der Waals surface area contributed by atoms with Crippen LogP contribution in [0.4, 0.5) is 0 Å². The lowest BCUT2D eigenvalue weighted by atomic mass is 10.1. The number of fused-ring (bicyclic) bond motifs is 1.